The minimum Gasteiger partial charge on any atom is -0.307 e. The van der Waals surface area contributed by atoms with E-state index in [2.05, 4.69) is 0 Å². The monoisotopic (exact) mass is 218 g/mol. The molecule has 0 fully saturated rings. The van der Waals surface area contributed by atoms with E-state index in [1.54, 1.807) is 0 Å². The molecule has 40 valence electrons. The van der Waals surface area contributed by atoms with Crippen LogP contribution in [0.2, 0.25) is 0 Å². The molecule has 0 atom stereocenters. The van der Waals surface area contributed by atoms with Gasteiger partial charge in [0.05, 0.1) is 0 Å². The second-order valence-electron chi connectivity index (χ2n) is 0. The second-order valence-corrected chi connectivity index (χ2v) is 0. The molecular weight excluding hydrogens is 214 g/mol. The van der Waals surface area contributed by atoms with Gasteiger partial charge in [-0.05, 0) is 0 Å². The Morgan fingerprint density at radius 1 is 0.625 bits per heavy atom. The molecule has 0 saturated carbocycles. The molecule has 0 aliphatic rings. The van der Waals surface area contributed by atoms with Crippen molar-refractivity contribution >= 4 is 13.6 Å². The summed E-state index contributed by atoms with van der Waals surface area (Å²) in [6.07, 6.45) is 0. The Morgan fingerprint density at radius 2 is 0.625 bits per heavy atom. The van der Waals surface area contributed by atoms with E-state index < -0.39 is 0 Å². The van der Waals surface area contributed by atoms with E-state index in [9.17, 15) is 0 Å². The van der Waals surface area contributed by atoms with E-state index in [-0.39, 0.29) is 93.3 Å². The van der Waals surface area contributed by atoms with E-state index in [0.717, 1.165) is 0 Å². The molecule has 0 rings (SSSR count). The van der Waals surface area contributed by atoms with Crippen molar-refractivity contribution in [3.05, 3.63) is 0 Å². The summed E-state index contributed by atoms with van der Waals surface area (Å²) >= 11 is 0. The van der Waals surface area contributed by atoms with E-state index in [1.165, 1.54) is 0 Å². The van der Waals surface area contributed by atoms with Crippen molar-refractivity contribution in [1.82, 2.24) is 0 Å². The zero-order chi connectivity index (χ0) is 4.00. The van der Waals surface area contributed by atoms with Gasteiger partial charge in [0.15, 0.2) is 0 Å². The molecule has 0 N–H and O–H groups in total. The van der Waals surface area contributed by atoms with Gasteiger partial charge in [0.1, 0.15) is 13.6 Å². The molecule has 0 saturated heterocycles. The fraction of sp³-hybridized carbons (Fsp3) is 0. The van der Waals surface area contributed by atoms with Crippen LogP contribution in [0.25, 0.3) is 0 Å². The van der Waals surface area contributed by atoms with Crippen LogP contribution in [0.15, 0.2) is 0 Å². The van der Waals surface area contributed by atoms with Crippen LogP contribution in [-0.4, -0.2) is 13.6 Å². The van der Waals surface area contributed by atoms with Crippen molar-refractivity contribution in [2.45, 2.75) is 0 Å². The van der Waals surface area contributed by atoms with Gasteiger partial charge in [-0.3, -0.25) is 0 Å². The van der Waals surface area contributed by atoms with Crippen LogP contribution in [0.3, 0.4) is 0 Å². The van der Waals surface area contributed by atoms with Gasteiger partial charge >= 0.3 is 59.1 Å². The zero-order valence-electron chi connectivity index (χ0n) is 4.94. The molecule has 8 heavy (non-hydrogen) atoms. The van der Waals surface area contributed by atoms with Crippen LogP contribution >= 0.6 is 0 Å². The molecule has 0 aromatic heterocycles. The van der Waals surface area contributed by atoms with Crippen molar-refractivity contribution in [3.63, 3.8) is 0 Å². The first-order chi connectivity index (χ1) is 2.00. The molecule has 6 heteroatoms. The zero-order valence-corrected chi connectivity index (χ0v) is 11.1. The van der Waals surface area contributed by atoms with Crippen LogP contribution < -0.4 is 59.1 Å². The third kappa shape index (κ3) is 80.6. The predicted molar refractivity (Wildman–Crippen MR) is 14.2 cm³/mol. The third-order valence-electron chi connectivity index (χ3n) is 0. The van der Waals surface area contributed by atoms with Gasteiger partial charge in [-0.2, -0.15) is 0 Å². The molecule has 0 spiro atoms. The van der Waals surface area contributed by atoms with Gasteiger partial charge in [0.2, 0.25) is 0 Å². The largest absolute Gasteiger partial charge is 1.00 e. The molecule has 2 nitrogen and oxygen atoms in total. The maximum absolute atomic E-state index is 8.00. The maximum Gasteiger partial charge on any atom is 1.00 e. The summed E-state index contributed by atoms with van der Waals surface area (Å²) in [5, 5.41) is 0. The summed E-state index contributed by atoms with van der Waals surface area (Å²) in [6, 6.07) is 0. The van der Waals surface area contributed by atoms with E-state index in [4.69, 9.17) is 9.59 Å². The Labute approximate surface area is 114 Å². The first-order valence-electron chi connectivity index (χ1n) is 0.577. The standard InChI is InChI=1S/2CH2O.2Fe.2Na/c2*1-2;;;;/h2*1H2;;;;/q;;;;2*+1. The topological polar surface area (TPSA) is 34.1 Å². The molecular formula is C2H4Fe2Na2O2+2. The van der Waals surface area contributed by atoms with Crippen molar-refractivity contribution in [3.8, 4) is 0 Å². The van der Waals surface area contributed by atoms with Crippen LogP contribution in [0, 0.1) is 0 Å². The number of carbonyl (C=O) groups excluding carboxylic acids is 2. The van der Waals surface area contributed by atoms with Gasteiger partial charge in [0, 0.05) is 34.1 Å². The van der Waals surface area contributed by atoms with Crippen molar-refractivity contribution in [2.24, 2.45) is 0 Å². The Kier molecular flexibility index (Phi) is 692. The second kappa shape index (κ2) is 116. The predicted octanol–water partition coefficient (Wildman–Crippen LogP) is -6.37. The van der Waals surface area contributed by atoms with E-state index in [0.29, 0.717) is 0 Å². The molecule has 0 aliphatic heterocycles. The van der Waals surface area contributed by atoms with Gasteiger partial charge in [-0.15, -0.1) is 0 Å². The van der Waals surface area contributed by atoms with Crippen LogP contribution in [-0.2, 0) is 43.7 Å². The number of carbonyl (C=O) groups is 2. The fourth-order valence-corrected chi connectivity index (χ4v) is 0. The minimum absolute atomic E-state index is 0. The summed E-state index contributed by atoms with van der Waals surface area (Å²) in [7, 11) is 0. The first kappa shape index (κ1) is 47.6. The summed E-state index contributed by atoms with van der Waals surface area (Å²) < 4.78 is 0. The van der Waals surface area contributed by atoms with Crippen LogP contribution in [0.1, 0.15) is 0 Å². The molecule has 0 heterocycles. The summed E-state index contributed by atoms with van der Waals surface area (Å²) in [5.74, 6) is 0. The van der Waals surface area contributed by atoms with Crippen molar-refractivity contribution in [2.75, 3.05) is 0 Å². The van der Waals surface area contributed by atoms with E-state index >= 15 is 0 Å². The average molecular weight is 218 g/mol. The molecule has 0 aromatic rings. The quantitative estimate of drug-likeness (QED) is 0.379. The molecule has 0 unspecified atom stereocenters. The smallest absolute Gasteiger partial charge is 0.307 e. The van der Waals surface area contributed by atoms with Gasteiger partial charge in [-0.1, -0.05) is 0 Å². The Hall–Kier alpha value is 2.38. The van der Waals surface area contributed by atoms with Gasteiger partial charge < -0.3 is 9.59 Å². The summed E-state index contributed by atoms with van der Waals surface area (Å²) in [5.41, 5.74) is 0. The van der Waals surface area contributed by atoms with E-state index in [1.807, 2.05) is 13.6 Å². The van der Waals surface area contributed by atoms with Crippen molar-refractivity contribution < 1.29 is 103 Å². The Bertz CT molecular complexity index is 18.0. The number of hydrogen-bond acceptors (Lipinski definition) is 2. The van der Waals surface area contributed by atoms with Crippen molar-refractivity contribution in [1.29, 1.82) is 0 Å². The van der Waals surface area contributed by atoms with Crippen LogP contribution in [0.4, 0.5) is 0 Å². The van der Waals surface area contributed by atoms with Gasteiger partial charge in [0.25, 0.3) is 0 Å². The maximum atomic E-state index is 8.00. The molecule has 0 amide bonds. The third-order valence-corrected chi connectivity index (χ3v) is 0. The SMILES string of the molecule is C=O.C=O.[Fe].[Fe].[Na+].[Na+]. The average Bonchev–Trinajstić information content (AvgIpc) is 1.50. The normalized spacial score (nSPS) is 1.00. The summed E-state index contributed by atoms with van der Waals surface area (Å²) in [6.45, 7) is 4.00. The minimum atomic E-state index is 0. The fourth-order valence-electron chi connectivity index (χ4n) is 0. The first-order valence-corrected chi connectivity index (χ1v) is 0.577. The molecule has 0 radical (unpaired) electrons. The Morgan fingerprint density at radius 3 is 0.625 bits per heavy atom. The molecule has 0 aliphatic carbocycles. The number of rotatable bonds is 0. The van der Waals surface area contributed by atoms with Gasteiger partial charge in [-0.25, -0.2) is 0 Å². The summed E-state index contributed by atoms with van der Waals surface area (Å²) in [4.78, 5) is 16.0. The molecule has 0 aromatic carbocycles. The molecule has 0 bridgehead atoms. The number of hydrogen-bond donors (Lipinski definition) is 0. The Balaban J connectivity index is -0.00000000167. The van der Waals surface area contributed by atoms with Crippen LogP contribution in [0.5, 0.6) is 0 Å².